The van der Waals surface area contributed by atoms with Crippen LogP contribution in [0.25, 0.3) is 0 Å². The third-order valence-corrected chi connectivity index (χ3v) is 3.84. The van der Waals surface area contributed by atoms with E-state index in [0.717, 1.165) is 36.0 Å². The molecule has 0 bridgehead atoms. The Labute approximate surface area is 111 Å². The number of hydrogen-bond donors (Lipinski definition) is 0. The van der Waals surface area contributed by atoms with Gasteiger partial charge in [-0.25, -0.2) is 4.79 Å². The van der Waals surface area contributed by atoms with Gasteiger partial charge in [0.1, 0.15) is 0 Å². The van der Waals surface area contributed by atoms with Crippen LogP contribution >= 0.6 is 15.9 Å². The molecule has 1 saturated heterocycles. The van der Waals surface area contributed by atoms with Crippen LogP contribution in [0.1, 0.15) is 18.4 Å². The lowest BCUT2D eigenvalue weighted by atomic mass is 10.2. The van der Waals surface area contributed by atoms with E-state index in [1.54, 1.807) is 4.90 Å². The van der Waals surface area contributed by atoms with Gasteiger partial charge in [0.15, 0.2) is 0 Å². The first-order valence-corrected chi connectivity index (χ1v) is 6.71. The Kier molecular flexibility index (Phi) is 4.05. The lowest BCUT2D eigenvalue weighted by molar-refractivity contribution is 0.171. The lowest BCUT2D eigenvalue weighted by Gasteiger charge is -2.24. The first-order chi connectivity index (χ1) is 8.18. The number of likely N-dealkylation sites (tertiary alicyclic amines) is 1. The highest BCUT2D eigenvalue weighted by molar-refractivity contribution is 9.10. The van der Waals surface area contributed by atoms with Crippen LogP contribution in [0, 0.1) is 0 Å². The van der Waals surface area contributed by atoms with Crippen molar-refractivity contribution in [2.24, 2.45) is 0 Å². The summed E-state index contributed by atoms with van der Waals surface area (Å²) < 4.78 is 1.06. The molecule has 0 N–H and O–H groups in total. The Bertz CT molecular complexity index is 402. The molecule has 17 heavy (non-hydrogen) atoms. The smallest absolute Gasteiger partial charge is 0.320 e. The SMILES string of the molecule is CN(Cc1ccccc1Br)C(=O)N1CCCC1. The molecule has 0 radical (unpaired) electrons. The molecule has 0 spiro atoms. The van der Waals surface area contributed by atoms with Crippen molar-refractivity contribution in [2.45, 2.75) is 19.4 Å². The number of urea groups is 1. The fourth-order valence-corrected chi connectivity index (χ4v) is 2.51. The first-order valence-electron chi connectivity index (χ1n) is 5.92. The molecule has 0 aromatic heterocycles. The average molecular weight is 297 g/mol. The van der Waals surface area contributed by atoms with Crippen LogP contribution in [0.15, 0.2) is 28.7 Å². The van der Waals surface area contributed by atoms with Gasteiger partial charge in [0.25, 0.3) is 0 Å². The van der Waals surface area contributed by atoms with Crippen molar-refractivity contribution >= 4 is 22.0 Å². The van der Waals surface area contributed by atoms with Crippen molar-refractivity contribution < 1.29 is 4.79 Å². The van der Waals surface area contributed by atoms with Crippen molar-refractivity contribution in [3.05, 3.63) is 34.3 Å². The Morgan fingerprint density at radius 1 is 1.35 bits per heavy atom. The molecule has 1 aromatic carbocycles. The minimum absolute atomic E-state index is 0.137. The molecular weight excluding hydrogens is 280 g/mol. The fourth-order valence-electron chi connectivity index (χ4n) is 2.10. The van der Waals surface area contributed by atoms with E-state index in [2.05, 4.69) is 15.9 Å². The van der Waals surface area contributed by atoms with Gasteiger partial charge in [-0.3, -0.25) is 0 Å². The Morgan fingerprint density at radius 2 is 2.00 bits per heavy atom. The third kappa shape index (κ3) is 3.00. The highest BCUT2D eigenvalue weighted by Gasteiger charge is 2.21. The largest absolute Gasteiger partial charge is 0.325 e. The molecule has 2 rings (SSSR count). The quantitative estimate of drug-likeness (QED) is 0.823. The predicted molar refractivity (Wildman–Crippen MR) is 71.8 cm³/mol. The highest BCUT2D eigenvalue weighted by atomic mass is 79.9. The van der Waals surface area contributed by atoms with Crippen molar-refractivity contribution in [1.82, 2.24) is 9.80 Å². The second kappa shape index (κ2) is 5.54. The Hall–Kier alpha value is -1.03. The fraction of sp³-hybridized carbons (Fsp3) is 0.462. The standard InChI is InChI=1S/C13H17BrN2O/c1-15(13(17)16-8-4-5-9-16)10-11-6-2-3-7-12(11)14/h2-3,6-7H,4-5,8-10H2,1H3. The maximum atomic E-state index is 12.1. The van der Waals surface area contributed by atoms with Gasteiger partial charge in [0.05, 0.1) is 0 Å². The average Bonchev–Trinajstić information content (AvgIpc) is 2.84. The molecule has 0 atom stereocenters. The lowest BCUT2D eigenvalue weighted by Crippen LogP contribution is -2.39. The van der Waals surface area contributed by atoms with E-state index in [4.69, 9.17) is 0 Å². The molecule has 1 aromatic rings. The summed E-state index contributed by atoms with van der Waals surface area (Å²) in [5.41, 5.74) is 1.14. The molecule has 92 valence electrons. The molecule has 1 heterocycles. The monoisotopic (exact) mass is 296 g/mol. The number of amides is 2. The normalized spacial score (nSPS) is 15.1. The van der Waals surface area contributed by atoms with E-state index in [1.807, 2.05) is 36.2 Å². The van der Waals surface area contributed by atoms with Gasteiger partial charge in [-0.2, -0.15) is 0 Å². The number of benzene rings is 1. The van der Waals surface area contributed by atoms with E-state index in [1.165, 1.54) is 0 Å². The van der Waals surface area contributed by atoms with Crippen molar-refractivity contribution in [3.63, 3.8) is 0 Å². The van der Waals surface area contributed by atoms with Gasteiger partial charge in [0.2, 0.25) is 0 Å². The predicted octanol–water partition coefficient (Wildman–Crippen LogP) is 3.10. The minimum Gasteiger partial charge on any atom is -0.325 e. The van der Waals surface area contributed by atoms with Crippen LogP contribution in [0.5, 0.6) is 0 Å². The molecule has 2 amide bonds. The van der Waals surface area contributed by atoms with Crippen LogP contribution < -0.4 is 0 Å². The third-order valence-electron chi connectivity index (χ3n) is 3.07. The molecule has 1 fully saturated rings. The second-order valence-electron chi connectivity index (χ2n) is 4.42. The van der Waals surface area contributed by atoms with Gasteiger partial charge in [0, 0.05) is 31.2 Å². The second-order valence-corrected chi connectivity index (χ2v) is 5.28. The van der Waals surface area contributed by atoms with E-state index in [9.17, 15) is 4.79 Å². The van der Waals surface area contributed by atoms with Crippen LogP contribution in [0.4, 0.5) is 4.79 Å². The zero-order chi connectivity index (χ0) is 12.3. The van der Waals surface area contributed by atoms with E-state index < -0.39 is 0 Å². The summed E-state index contributed by atoms with van der Waals surface area (Å²) in [7, 11) is 1.86. The van der Waals surface area contributed by atoms with E-state index in [-0.39, 0.29) is 6.03 Å². The Morgan fingerprint density at radius 3 is 2.65 bits per heavy atom. The van der Waals surface area contributed by atoms with E-state index >= 15 is 0 Å². The topological polar surface area (TPSA) is 23.6 Å². The highest BCUT2D eigenvalue weighted by Crippen LogP contribution is 2.18. The minimum atomic E-state index is 0.137. The molecule has 4 heteroatoms. The summed E-state index contributed by atoms with van der Waals surface area (Å²) in [6.07, 6.45) is 2.27. The van der Waals surface area contributed by atoms with Gasteiger partial charge in [-0.1, -0.05) is 34.1 Å². The van der Waals surface area contributed by atoms with Gasteiger partial charge >= 0.3 is 6.03 Å². The molecular formula is C13H17BrN2O. The molecule has 0 aliphatic carbocycles. The number of carbonyl (C=O) groups excluding carboxylic acids is 1. The zero-order valence-electron chi connectivity index (χ0n) is 10.0. The van der Waals surface area contributed by atoms with Crippen LogP contribution in [0.2, 0.25) is 0 Å². The summed E-state index contributed by atoms with van der Waals surface area (Å²) in [4.78, 5) is 15.8. The van der Waals surface area contributed by atoms with Gasteiger partial charge in [-0.05, 0) is 24.5 Å². The van der Waals surface area contributed by atoms with E-state index in [0.29, 0.717) is 6.54 Å². The molecule has 1 aliphatic heterocycles. The van der Waals surface area contributed by atoms with Gasteiger partial charge in [-0.15, -0.1) is 0 Å². The van der Waals surface area contributed by atoms with Crippen LogP contribution in [-0.4, -0.2) is 36.0 Å². The van der Waals surface area contributed by atoms with Crippen molar-refractivity contribution in [1.29, 1.82) is 0 Å². The number of nitrogens with zero attached hydrogens (tertiary/aromatic N) is 2. The number of rotatable bonds is 2. The summed E-state index contributed by atoms with van der Waals surface area (Å²) in [6, 6.07) is 8.16. The number of carbonyl (C=O) groups is 1. The maximum Gasteiger partial charge on any atom is 0.320 e. The molecule has 3 nitrogen and oxygen atoms in total. The van der Waals surface area contributed by atoms with Crippen molar-refractivity contribution in [3.8, 4) is 0 Å². The zero-order valence-corrected chi connectivity index (χ0v) is 11.6. The van der Waals surface area contributed by atoms with Crippen LogP contribution in [-0.2, 0) is 6.54 Å². The van der Waals surface area contributed by atoms with Gasteiger partial charge < -0.3 is 9.80 Å². The summed E-state index contributed by atoms with van der Waals surface area (Å²) in [5.74, 6) is 0. The number of hydrogen-bond acceptors (Lipinski definition) is 1. The summed E-state index contributed by atoms with van der Waals surface area (Å²) in [5, 5.41) is 0. The number of halogens is 1. The first kappa shape index (κ1) is 12.4. The van der Waals surface area contributed by atoms with Crippen LogP contribution in [0.3, 0.4) is 0 Å². The summed E-state index contributed by atoms with van der Waals surface area (Å²) >= 11 is 3.51. The van der Waals surface area contributed by atoms with Crippen molar-refractivity contribution in [2.75, 3.05) is 20.1 Å². The molecule has 0 saturated carbocycles. The maximum absolute atomic E-state index is 12.1. The molecule has 0 unspecified atom stereocenters. The Balaban J connectivity index is 1.99. The summed E-state index contributed by atoms with van der Waals surface area (Å²) in [6.45, 7) is 2.45. The molecule has 1 aliphatic rings.